The van der Waals surface area contributed by atoms with Crippen LogP contribution in [0, 0.1) is 11.3 Å². The van der Waals surface area contributed by atoms with Crippen molar-refractivity contribution in [2.45, 2.75) is 0 Å². The zero-order valence-corrected chi connectivity index (χ0v) is 10.3. The Balaban J connectivity index is 2.09. The summed E-state index contributed by atoms with van der Waals surface area (Å²) in [7, 11) is 1.93. The van der Waals surface area contributed by atoms with Gasteiger partial charge in [0.2, 0.25) is 0 Å². The van der Waals surface area contributed by atoms with Crippen molar-refractivity contribution in [1.29, 1.82) is 5.26 Å². The van der Waals surface area contributed by atoms with E-state index in [9.17, 15) is 0 Å². The van der Waals surface area contributed by atoms with Gasteiger partial charge in [-0.05, 0) is 18.2 Å². The highest BCUT2D eigenvalue weighted by Gasteiger charge is 2.08. The smallest absolute Gasteiger partial charge is 0.145 e. The Labute approximate surface area is 110 Å². The molecule has 0 aliphatic carbocycles. The number of benzene rings is 1. The third-order valence-electron chi connectivity index (χ3n) is 2.96. The van der Waals surface area contributed by atoms with Crippen molar-refractivity contribution in [2.75, 3.05) is 5.32 Å². The molecule has 0 unspecified atom stereocenters. The third-order valence-corrected chi connectivity index (χ3v) is 2.96. The molecule has 0 fully saturated rings. The number of hydrogen-bond acceptors (Lipinski definition) is 4. The molecule has 0 aliphatic rings. The van der Waals surface area contributed by atoms with Gasteiger partial charge in [-0.1, -0.05) is 12.1 Å². The van der Waals surface area contributed by atoms with Gasteiger partial charge in [0, 0.05) is 13.2 Å². The average molecular weight is 249 g/mol. The van der Waals surface area contributed by atoms with Crippen LogP contribution in [0.2, 0.25) is 0 Å². The van der Waals surface area contributed by atoms with E-state index in [1.54, 1.807) is 6.07 Å². The van der Waals surface area contributed by atoms with E-state index in [1.807, 2.05) is 42.1 Å². The van der Waals surface area contributed by atoms with E-state index in [2.05, 4.69) is 21.4 Å². The van der Waals surface area contributed by atoms with Crippen molar-refractivity contribution >= 4 is 22.5 Å². The Hall–Kier alpha value is -2.87. The molecule has 3 rings (SSSR count). The van der Waals surface area contributed by atoms with E-state index in [4.69, 9.17) is 5.26 Å². The largest absolute Gasteiger partial charge is 0.338 e. The average Bonchev–Trinajstić information content (AvgIpc) is 2.82. The van der Waals surface area contributed by atoms with E-state index < -0.39 is 0 Å². The van der Waals surface area contributed by atoms with Crippen molar-refractivity contribution in [3.8, 4) is 6.07 Å². The Morgan fingerprint density at radius 3 is 2.89 bits per heavy atom. The fraction of sp³-hybridized carbons (Fsp3) is 0.0714. The second-order valence-corrected chi connectivity index (χ2v) is 4.17. The minimum absolute atomic E-state index is 0.588. The van der Waals surface area contributed by atoms with Gasteiger partial charge in [-0.3, -0.25) is 0 Å². The Morgan fingerprint density at radius 1 is 1.21 bits per heavy atom. The monoisotopic (exact) mass is 249 g/mol. The summed E-state index contributed by atoms with van der Waals surface area (Å²) in [6.07, 6.45) is 3.44. The van der Waals surface area contributed by atoms with Gasteiger partial charge in [-0.15, -0.1) is 0 Å². The van der Waals surface area contributed by atoms with Crippen LogP contribution in [0.4, 0.5) is 11.5 Å². The van der Waals surface area contributed by atoms with Crippen molar-refractivity contribution in [3.05, 3.63) is 48.4 Å². The predicted octanol–water partition coefficient (Wildman–Crippen LogP) is 2.58. The van der Waals surface area contributed by atoms with Crippen molar-refractivity contribution in [1.82, 2.24) is 14.5 Å². The Morgan fingerprint density at radius 2 is 2.05 bits per heavy atom. The lowest BCUT2D eigenvalue weighted by atomic mass is 10.2. The molecule has 3 aromatic rings. The first-order valence-electron chi connectivity index (χ1n) is 5.82. The SMILES string of the molecule is Cn1ccc2c(Nc3ccccc3C#N)ncnc21. The number of nitrogens with zero attached hydrogens (tertiary/aromatic N) is 4. The highest BCUT2D eigenvalue weighted by molar-refractivity contribution is 5.89. The molecular formula is C14H11N5. The van der Waals surface area contributed by atoms with Gasteiger partial charge in [0.05, 0.1) is 16.6 Å². The molecule has 0 radical (unpaired) electrons. The van der Waals surface area contributed by atoms with Gasteiger partial charge < -0.3 is 9.88 Å². The summed E-state index contributed by atoms with van der Waals surface area (Å²) >= 11 is 0. The number of fused-ring (bicyclic) bond motifs is 1. The zero-order chi connectivity index (χ0) is 13.2. The first-order valence-corrected chi connectivity index (χ1v) is 5.82. The van der Waals surface area contributed by atoms with Gasteiger partial charge in [0.1, 0.15) is 23.9 Å². The molecule has 0 amide bonds. The molecule has 0 spiro atoms. The number of rotatable bonds is 2. The molecule has 2 heterocycles. The van der Waals surface area contributed by atoms with E-state index in [1.165, 1.54) is 6.33 Å². The molecule has 0 bridgehead atoms. The van der Waals surface area contributed by atoms with Crippen molar-refractivity contribution in [3.63, 3.8) is 0 Å². The molecule has 0 aliphatic heterocycles. The quantitative estimate of drug-likeness (QED) is 0.758. The van der Waals surface area contributed by atoms with Gasteiger partial charge in [0.25, 0.3) is 0 Å². The van der Waals surface area contributed by atoms with Crippen LogP contribution in [-0.4, -0.2) is 14.5 Å². The number of anilines is 2. The van der Waals surface area contributed by atoms with E-state index in [0.717, 1.165) is 16.7 Å². The molecular weight excluding hydrogens is 238 g/mol. The molecule has 1 N–H and O–H groups in total. The molecule has 92 valence electrons. The van der Waals surface area contributed by atoms with Gasteiger partial charge in [0.15, 0.2) is 0 Å². The first kappa shape index (κ1) is 11.2. The van der Waals surface area contributed by atoms with Gasteiger partial charge in [-0.2, -0.15) is 5.26 Å². The van der Waals surface area contributed by atoms with Crippen LogP contribution >= 0.6 is 0 Å². The second kappa shape index (κ2) is 4.42. The van der Waals surface area contributed by atoms with Crippen LogP contribution in [0.15, 0.2) is 42.9 Å². The fourth-order valence-electron chi connectivity index (χ4n) is 1.99. The van der Waals surface area contributed by atoms with E-state index in [0.29, 0.717) is 11.4 Å². The standard InChI is InChI=1S/C14H11N5/c1-19-7-6-11-13(16-9-17-14(11)19)18-12-5-3-2-4-10(12)8-15/h2-7,9H,1H3,(H,16,17,18). The summed E-state index contributed by atoms with van der Waals surface area (Å²) in [6, 6.07) is 11.5. The predicted molar refractivity (Wildman–Crippen MR) is 72.9 cm³/mol. The molecule has 5 heteroatoms. The summed E-state index contributed by atoms with van der Waals surface area (Å²) < 4.78 is 1.93. The van der Waals surface area contributed by atoms with E-state index in [-0.39, 0.29) is 0 Å². The summed E-state index contributed by atoms with van der Waals surface area (Å²) in [6.45, 7) is 0. The topological polar surface area (TPSA) is 66.5 Å². The lowest BCUT2D eigenvalue weighted by Gasteiger charge is -2.08. The fourth-order valence-corrected chi connectivity index (χ4v) is 1.99. The second-order valence-electron chi connectivity index (χ2n) is 4.17. The van der Waals surface area contributed by atoms with Crippen molar-refractivity contribution < 1.29 is 0 Å². The van der Waals surface area contributed by atoms with Crippen LogP contribution in [0.25, 0.3) is 11.0 Å². The lowest BCUT2D eigenvalue weighted by molar-refractivity contribution is 0.944. The number of para-hydroxylation sites is 1. The number of nitriles is 1. The van der Waals surface area contributed by atoms with Crippen LogP contribution in [-0.2, 0) is 7.05 Å². The maximum atomic E-state index is 9.09. The highest BCUT2D eigenvalue weighted by Crippen LogP contribution is 2.24. The maximum Gasteiger partial charge on any atom is 0.145 e. The van der Waals surface area contributed by atoms with Crippen molar-refractivity contribution in [2.24, 2.45) is 7.05 Å². The number of nitrogens with one attached hydrogen (secondary N) is 1. The van der Waals surface area contributed by atoms with Gasteiger partial charge in [-0.25, -0.2) is 9.97 Å². The summed E-state index contributed by atoms with van der Waals surface area (Å²) in [4.78, 5) is 8.48. The van der Waals surface area contributed by atoms with Crippen LogP contribution in [0.3, 0.4) is 0 Å². The Bertz CT molecular complexity index is 782. The molecule has 0 saturated carbocycles. The summed E-state index contributed by atoms with van der Waals surface area (Å²) in [5.74, 6) is 0.702. The number of aryl methyl sites for hydroxylation is 1. The minimum atomic E-state index is 0.588. The number of aromatic nitrogens is 3. The Kier molecular flexibility index (Phi) is 2.62. The molecule has 1 aromatic carbocycles. The lowest BCUT2D eigenvalue weighted by Crippen LogP contribution is -1.98. The zero-order valence-electron chi connectivity index (χ0n) is 10.3. The molecule has 19 heavy (non-hydrogen) atoms. The third kappa shape index (κ3) is 1.89. The van der Waals surface area contributed by atoms with Crippen LogP contribution in [0.1, 0.15) is 5.56 Å². The summed E-state index contributed by atoms with van der Waals surface area (Å²) in [5, 5.41) is 13.2. The summed E-state index contributed by atoms with van der Waals surface area (Å²) in [5.41, 5.74) is 2.19. The first-order chi connectivity index (χ1) is 9.29. The number of hydrogen-bond donors (Lipinski definition) is 1. The van der Waals surface area contributed by atoms with E-state index >= 15 is 0 Å². The molecule has 2 aromatic heterocycles. The maximum absolute atomic E-state index is 9.09. The highest BCUT2D eigenvalue weighted by atomic mass is 15.1. The van der Waals surface area contributed by atoms with Crippen LogP contribution < -0.4 is 5.32 Å². The molecule has 0 atom stereocenters. The van der Waals surface area contributed by atoms with Gasteiger partial charge >= 0.3 is 0 Å². The normalized spacial score (nSPS) is 10.3. The molecule has 0 saturated heterocycles. The molecule has 5 nitrogen and oxygen atoms in total. The van der Waals surface area contributed by atoms with Crippen LogP contribution in [0.5, 0.6) is 0 Å². The minimum Gasteiger partial charge on any atom is -0.338 e.